The summed E-state index contributed by atoms with van der Waals surface area (Å²) in [6.07, 6.45) is 4.20. The summed E-state index contributed by atoms with van der Waals surface area (Å²) in [5.74, 6) is -1.25. The lowest BCUT2D eigenvalue weighted by Crippen LogP contribution is -2.42. The van der Waals surface area contributed by atoms with Crippen LogP contribution in [0.1, 0.15) is 40.0 Å². The van der Waals surface area contributed by atoms with E-state index < -0.39 is 16.9 Å². The first-order valence-corrected chi connectivity index (χ1v) is 9.84. The van der Waals surface area contributed by atoms with Crippen LogP contribution < -0.4 is 5.56 Å². The lowest BCUT2D eigenvalue weighted by molar-refractivity contribution is 0.0694. The van der Waals surface area contributed by atoms with Crippen molar-refractivity contribution < 1.29 is 9.90 Å². The predicted octanol–water partition coefficient (Wildman–Crippen LogP) is 2.32. The van der Waals surface area contributed by atoms with Crippen molar-refractivity contribution in [3.05, 3.63) is 81.5 Å². The van der Waals surface area contributed by atoms with Crippen molar-refractivity contribution >= 4 is 11.5 Å². The van der Waals surface area contributed by atoms with Gasteiger partial charge in [0.15, 0.2) is 0 Å². The zero-order valence-electron chi connectivity index (χ0n) is 16.7. The van der Waals surface area contributed by atoms with Crippen molar-refractivity contribution in [3.8, 4) is 12.1 Å². The lowest BCUT2D eigenvalue weighted by Gasteiger charge is -2.37. The molecule has 3 aromatic heterocycles. The van der Waals surface area contributed by atoms with Gasteiger partial charge >= 0.3 is 5.97 Å². The number of piperidine rings is 1. The number of hydrogen-bond donors (Lipinski definition) is 1. The molecule has 31 heavy (non-hydrogen) atoms. The minimum atomic E-state index is -1.25. The van der Waals surface area contributed by atoms with E-state index in [2.05, 4.69) is 16.0 Å². The van der Waals surface area contributed by atoms with Crippen molar-refractivity contribution in [3.63, 3.8) is 0 Å². The smallest absolute Gasteiger partial charge is 0.341 e. The van der Waals surface area contributed by atoms with Crippen LogP contribution in [0.2, 0.25) is 0 Å². The van der Waals surface area contributed by atoms with Gasteiger partial charge in [0.25, 0.3) is 5.56 Å². The first-order valence-electron chi connectivity index (χ1n) is 9.84. The average Bonchev–Trinajstić information content (AvgIpc) is 2.81. The molecule has 4 heterocycles. The Balaban J connectivity index is 1.59. The maximum atomic E-state index is 12.4. The molecule has 154 valence electrons. The molecule has 0 bridgehead atoms. The van der Waals surface area contributed by atoms with Gasteiger partial charge in [0.05, 0.1) is 22.8 Å². The highest BCUT2D eigenvalue weighted by Gasteiger charge is 2.38. The largest absolute Gasteiger partial charge is 0.477 e. The number of fused-ring (bicyclic) bond motifs is 1. The molecule has 0 aromatic carbocycles. The highest BCUT2D eigenvalue weighted by Crippen LogP contribution is 2.34. The maximum absolute atomic E-state index is 12.4. The summed E-state index contributed by atoms with van der Waals surface area (Å²) in [4.78, 5) is 30.5. The zero-order valence-corrected chi connectivity index (χ0v) is 16.7. The van der Waals surface area contributed by atoms with Gasteiger partial charge < -0.3 is 5.11 Å². The molecule has 8 heteroatoms. The van der Waals surface area contributed by atoms with E-state index in [0.29, 0.717) is 49.2 Å². The normalized spacial score (nSPS) is 15.8. The summed E-state index contributed by atoms with van der Waals surface area (Å²) in [6, 6.07) is 14.6. The number of hydrogen-bond acceptors (Lipinski definition) is 6. The summed E-state index contributed by atoms with van der Waals surface area (Å²) in [5, 5.41) is 28.3. The summed E-state index contributed by atoms with van der Waals surface area (Å²) in [5.41, 5.74) is 1.01. The third kappa shape index (κ3) is 3.65. The first-order chi connectivity index (χ1) is 15.0. The van der Waals surface area contributed by atoms with Gasteiger partial charge in [0.2, 0.25) is 0 Å². The van der Waals surface area contributed by atoms with Crippen molar-refractivity contribution in [2.45, 2.75) is 24.8 Å². The molecule has 4 rings (SSSR count). The molecule has 1 aliphatic heterocycles. The topological polar surface area (TPSA) is 122 Å². The highest BCUT2D eigenvalue weighted by molar-refractivity contribution is 5.88. The third-order valence-corrected chi connectivity index (χ3v) is 5.89. The molecule has 8 nitrogen and oxygen atoms in total. The molecule has 0 unspecified atom stereocenters. The van der Waals surface area contributed by atoms with E-state index in [1.165, 1.54) is 16.7 Å². The monoisotopic (exact) mass is 413 g/mol. The molecule has 0 radical (unpaired) electrons. The van der Waals surface area contributed by atoms with E-state index >= 15 is 0 Å². The molecule has 0 spiro atoms. The van der Waals surface area contributed by atoms with Crippen LogP contribution in [0.15, 0.2) is 53.6 Å². The van der Waals surface area contributed by atoms with Crippen LogP contribution in [-0.4, -0.2) is 38.4 Å². The number of pyridine rings is 3. The van der Waals surface area contributed by atoms with E-state index in [1.807, 2.05) is 12.1 Å². The number of nitrogens with zero attached hydrogens (tertiary/aromatic N) is 5. The number of likely N-dealkylation sites (tertiary alicyclic amines) is 1. The van der Waals surface area contributed by atoms with Crippen molar-refractivity contribution in [2.24, 2.45) is 0 Å². The van der Waals surface area contributed by atoms with Crippen LogP contribution >= 0.6 is 0 Å². The Kier molecular flexibility index (Phi) is 5.24. The molecule has 1 aliphatic rings. The number of aromatic nitrogens is 2. The van der Waals surface area contributed by atoms with Crippen molar-refractivity contribution in [2.75, 3.05) is 13.1 Å². The molecular weight excluding hydrogens is 394 g/mol. The number of carboxylic acids is 1. The van der Waals surface area contributed by atoms with Gasteiger partial charge in [-0.1, -0.05) is 6.07 Å². The lowest BCUT2D eigenvalue weighted by atomic mass is 9.76. The van der Waals surface area contributed by atoms with Gasteiger partial charge in [-0.05, 0) is 48.7 Å². The Hall–Kier alpha value is -4.01. The van der Waals surface area contributed by atoms with Gasteiger partial charge in [-0.3, -0.25) is 19.1 Å². The number of aromatic carboxylic acids is 1. The Bertz CT molecular complexity index is 1290. The first kappa shape index (κ1) is 20.3. The fourth-order valence-electron chi connectivity index (χ4n) is 4.10. The van der Waals surface area contributed by atoms with Crippen LogP contribution in [-0.2, 0) is 12.0 Å². The van der Waals surface area contributed by atoms with E-state index in [1.54, 1.807) is 30.5 Å². The van der Waals surface area contributed by atoms with Crippen LogP contribution in [0, 0.1) is 22.7 Å². The molecule has 1 N–H and O–H groups in total. The molecule has 3 aromatic rings. The van der Waals surface area contributed by atoms with Crippen molar-refractivity contribution in [1.29, 1.82) is 10.5 Å². The Labute approximate surface area is 178 Å². The molecule has 0 saturated carbocycles. The average molecular weight is 413 g/mol. The number of carbonyl (C=O) groups is 1. The zero-order chi connectivity index (χ0) is 22.0. The summed E-state index contributed by atoms with van der Waals surface area (Å²) >= 11 is 0. The fourth-order valence-corrected chi connectivity index (χ4v) is 4.10. The number of rotatable bonds is 4. The van der Waals surface area contributed by atoms with Gasteiger partial charge in [0, 0.05) is 32.0 Å². The van der Waals surface area contributed by atoms with E-state index in [-0.39, 0.29) is 5.56 Å². The summed E-state index contributed by atoms with van der Waals surface area (Å²) in [7, 11) is 0. The Morgan fingerprint density at radius 2 is 1.97 bits per heavy atom. The molecule has 0 aliphatic carbocycles. The minimum Gasteiger partial charge on any atom is -0.477 e. The van der Waals surface area contributed by atoms with Crippen LogP contribution in [0.3, 0.4) is 0 Å². The highest BCUT2D eigenvalue weighted by atomic mass is 16.4. The van der Waals surface area contributed by atoms with Gasteiger partial charge in [-0.2, -0.15) is 10.5 Å². The molecule has 0 amide bonds. The minimum absolute atomic E-state index is 0.260. The molecule has 1 saturated heterocycles. The van der Waals surface area contributed by atoms with E-state index in [0.717, 1.165) is 5.56 Å². The van der Waals surface area contributed by atoms with E-state index in [9.17, 15) is 20.0 Å². The fraction of sp³-hybridized carbons (Fsp3) is 0.261. The number of carboxylic acid groups (broad SMARTS) is 1. The summed E-state index contributed by atoms with van der Waals surface area (Å²) < 4.78 is 1.36. The Morgan fingerprint density at radius 3 is 2.58 bits per heavy atom. The second kappa shape index (κ2) is 8.02. The second-order valence-corrected chi connectivity index (χ2v) is 7.66. The van der Waals surface area contributed by atoms with Gasteiger partial charge in [-0.15, -0.1) is 0 Å². The maximum Gasteiger partial charge on any atom is 0.341 e. The standard InChI is InChI=1S/C23H19N5O3/c24-12-16-4-5-20(26-13-16)23(15-25)6-9-27(10-7-23)14-17-11-18(22(30)31)21(29)28-8-2-1-3-19(17)28/h1-5,8,11,13H,6-7,9-10,14H2,(H,30,31). The van der Waals surface area contributed by atoms with Crippen LogP contribution in [0.25, 0.3) is 5.52 Å². The Morgan fingerprint density at radius 1 is 1.19 bits per heavy atom. The van der Waals surface area contributed by atoms with Crippen LogP contribution in [0.5, 0.6) is 0 Å². The predicted molar refractivity (Wildman–Crippen MR) is 111 cm³/mol. The third-order valence-electron chi connectivity index (χ3n) is 5.89. The second-order valence-electron chi connectivity index (χ2n) is 7.66. The molecule has 0 atom stereocenters. The molecular formula is C23H19N5O3. The number of nitriles is 2. The van der Waals surface area contributed by atoms with Crippen molar-refractivity contribution in [1.82, 2.24) is 14.3 Å². The van der Waals surface area contributed by atoms with E-state index in [4.69, 9.17) is 5.26 Å². The quantitative estimate of drug-likeness (QED) is 0.696. The van der Waals surface area contributed by atoms with Gasteiger partial charge in [0.1, 0.15) is 17.0 Å². The molecule has 1 fully saturated rings. The van der Waals surface area contributed by atoms with Gasteiger partial charge in [-0.25, -0.2) is 4.79 Å². The van der Waals surface area contributed by atoms with Crippen LogP contribution in [0.4, 0.5) is 0 Å². The summed E-state index contributed by atoms with van der Waals surface area (Å²) in [6.45, 7) is 1.71. The SMILES string of the molecule is N#Cc1ccc(C2(C#N)CCN(Cc3cc(C(=O)O)c(=O)n4ccccc34)CC2)nc1.